The summed E-state index contributed by atoms with van der Waals surface area (Å²) in [7, 11) is 2.12. The van der Waals surface area contributed by atoms with Crippen LogP contribution in [0.2, 0.25) is 0 Å². The minimum absolute atomic E-state index is 0.107. The minimum atomic E-state index is -1.85. The van der Waals surface area contributed by atoms with Crippen molar-refractivity contribution in [2.24, 2.45) is 0 Å². The van der Waals surface area contributed by atoms with E-state index in [0.717, 1.165) is 48.3 Å². The summed E-state index contributed by atoms with van der Waals surface area (Å²) in [4.78, 5) is 35.9. The van der Waals surface area contributed by atoms with Gasteiger partial charge in [-0.2, -0.15) is 0 Å². The molecule has 1 N–H and O–H groups in total. The summed E-state index contributed by atoms with van der Waals surface area (Å²) >= 11 is 0. The van der Waals surface area contributed by atoms with Crippen molar-refractivity contribution < 1.29 is 24.1 Å². The Labute approximate surface area is 213 Å². The maximum Gasteiger partial charge on any atom is 0.343 e. The normalized spacial score (nSPS) is 22.5. The zero-order valence-corrected chi connectivity index (χ0v) is 20.9. The maximum absolute atomic E-state index is 13.7. The lowest BCUT2D eigenvalue weighted by atomic mass is 9.86. The van der Waals surface area contributed by atoms with Gasteiger partial charge < -0.3 is 33.7 Å². The van der Waals surface area contributed by atoms with E-state index in [9.17, 15) is 14.7 Å². The molecule has 7 rings (SSSR count). The number of anilines is 1. The predicted molar refractivity (Wildman–Crippen MR) is 135 cm³/mol. The molecule has 192 valence electrons. The van der Waals surface area contributed by atoms with E-state index in [1.807, 2.05) is 12.1 Å². The van der Waals surface area contributed by atoms with Gasteiger partial charge in [0, 0.05) is 48.8 Å². The minimum Gasteiger partial charge on any atom is -0.486 e. The summed E-state index contributed by atoms with van der Waals surface area (Å²) in [6.07, 6.45) is 0.107. The number of pyridine rings is 2. The van der Waals surface area contributed by atoms with Crippen molar-refractivity contribution in [1.82, 2.24) is 14.5 Å². The summed E-state index contributed by atoms with van der Waals surface area (Å²) in [6, 6.07) is 5.67. The standard InChI is InChI=1S/C27H28N4O6/c1-3-27(34)18-11-20-23-16(13-31(20)25(32)17(18)14-37-26(27)33)24(30-6-4-29(2)5-7-30)15-10-21-22(12-19(15)28-23)36-9-8-35-21/h10-12,34H,3-9,13-14H2,1-2H3. The number of aliphatic hydroxyl groups is 1. The fraction of sp³-hybridized carbons (Fsp3) is 0.444. The van der Waals surface area contributed by atoms with Gasteiger partial charge in [-0.25, -0.2) is 9.78 Å². The van der Waals surface area contributed by atoms with Gasteiger partial charge in [0.1, 0.15) is 19.8 Å². The molecule has 1 fully saturated rings. The molecule has 1 saturated heterocycles. The highest BCUT2D eigenvalue weighted by molar-refractivity contribution is 5.99. The van der Waals surface area contributed by atoms with Gasteiger partial charge in [0.2, 0.25) is 0 Å². The molecule has 0 amide bonds. The number of esters is 1. The summed E-state index contributed by atoms with van der Waals surface area (Å²) in [5.74, 6) is 0.626. The van der Waals surface area contributed by atoms with E-state index in [-0.39, 0.29) is 18.6 Å². The number of aromatic nitrogens is 2. The van der Waals surface area contributed by atoms with Crippen LogP contribution >= 0.6 is 0 Å². The van der Waals surface area contributed by atoms with Crippen LogP contribution in [0.1, 0.15) is 30.0 Å². The number of fused-ring (bicyclic) bond motifs is 6. The van der Waals surface area contributed by atoms with Gasteiger partial charge in [0.15, 0.2) is 17.1 Å². The zero-order valence-electron chi connectivity index (χ0n) is 20.9. The van der Waals surface area contributed by atoms with E-state index in [1.165, 1.54) is 0 Å². The Morgan fingerprint density at radius 2 is 1.73 bits per heavy atom. The third-order valence-corrected chi connectivity index (χ3v) is 8.14. The molecule has 4 aliphatic heterocycles. The van der Waals surface area contributed by atoms with E-state index in [4.69, 9.17) is 19.2 Å². The molecule has 10 nitrogen and oxygen atoms in total. The molecule has 2 aromatic heterocycles. The second-order valence-electron chi connectivity index (χ2n) is 10.2. The van der Waals surface area contributed by atoms with Crippen LogP contribution in [0, 0.1) is 0 Å². The fourth-order valence-electron chi connectivity index (χ4n) is 5.99. The lowest BCUT2D eigenvalue weighted by Gasteiger charge is -2.36. The van der Waals surface area contributed by atoms with Crippen LogP contribution in [0.25, 0.3) is 22.3 Å². The summed E-state index contributed by atoms with van der Waals surface area (Å²) in [5, 5.41) is 12.2. The van der Waals surface area contributed by atoms with E-state index >= 15 is 0 Å². The Morgan fingerprint density at radius 1 is 1.00 bits per heavy atom. The Hall–Kier alpha value is -3.63. The van der Waals surface area contributed by atoms with Crippen molar-refractivity contribution in [3.8, 4) is 22.9 Å². The molecule has 37 heavy (non-hydrogen) atoms. The first-order chi connectivity index (χ1) is 17.9. The van der Waals surface area contributed by atoms with Gasteiger partial charge in [-0.05, 0) is 25.6 Å². The number of hydrogen-bond donors (Lipinski definition) is 1. The zero-order chi connectivity index (χ0) is 25.5. The van der Waals surface area contributed by atoms with Gasteiger partial charge >= 0.3 is 5.97 Å². The van der Waals surface area contributed by atoms with Crippen LogP contribution in [-0.4, -0.2) is 72.0 Å². The van der Waals surface area contributed by atoms with Crippen molar-refractivity contribution in [1.29, 1.82) is 0 Å². The van der Waals surface area contributed by atoms with Gasteiger partial charge in [0.05, 0.1) is 34.7 Å². The van der Waals surface area contributed by atoms with E-state index in [1.54, 1.807) is 17.6 Å². The lowest BCUT2D eigenvalue weighted by molar-refractivity contribution is -0.172. The van der Waals surface area contributed by atoms with Crippen molar-refractivity contribution in [3.63, 3.8) is 0 Å². The average molecular weight is 505 g/mol. The molecule has 1 atom stereocenters. The largest absolute Gasteiger partial charge is 0.486 e. The first-order valence-electron chi connectivity index (χ1n) is 12.8. The molecule has 0 bridgehead atoms. The lowest BCUT2D eigenvalue weighted by Crippen LogP contribution is -2.45. The van der Waals surface area contributed by atoms with Gasteiger partial charge in [-0.3, -0.25) is 4.79 Å². The Kier molecular flexibility index (Phi) is 4.84. The first kappa shape index (κ1) is 22.6. The molecule has 4 aliphatic rings. The first-order valence-corrected chi connectivity index (χ1v) is 12.8. The topological polar surface area (TPSA) is 106 Å². The molecule has 3 aromatic rings. The number of rotatable bonds is 2. The molecule has 0 spiro atoms. The number of carbonyl (C=O) groups excluding carboxylic acids is 1. The van der Waals surface area contributed by atoms with Gasteiger partial charge in [0.25, 0.3) is 5.56 Å². The van der Waals surface area contributed by atoms with Crippen molar-refractivity contribution in [2.75, 3.05) is 51.3 Å². The summed E-state index contributed by atoms with van der Waals surface area (Å²) in [6.45, 7) is 6.42. The van der Waals surface area contributed by atoms with Crippen molar-refractivity contribution >= 4 is 22.6 Å². The molecular weight excluding hydrogens is 476 g/mol. The number of benzene rings is 1. The van der Waals surface area contributed by atoms with Crippen LogP contribution in [0.3, 0.4) is 0 Å². The highest BCUT2D eigenvalue weighted by Gasteiger charge is 2.45. The molecule has 1 aromatic carbocycles. The number of carbonyl (C=O) groups is 1. The van der Waals surface area contributed by atoms with Gasteiger partial charge in [-0.1, -0.05) is 6.92 Å². The number of ether oxygens (including phenoxy) is 3. The predicted octanol–water partition coefficient (Wildman–Crippen LogP) is 1.60. The van der Waals surface area contributed by atoms with E-state index in [2.05, 4.69) is 16.8 Å². The van der Waals surface area contributed by atoms with Crippen LogP contribution in [0.15, 0.2) is 23.0 Å². The number of likely N-dealkylation sites (N-methyl/N-ethyl adjacent to an activating group) is 1. The highest BCUT2D eigenvalue weighted by atomic mass is 16.6. The molecule has 0 aliphatic carbocycles. The second-order valence-corrected chi connectivity index (χ2v) is 10.2. The Balaban J connectivity index is 1.49. The number of hydrogen-bond acceptors (Lipinski definition) is 9. The summed E-state index contributed by atoms with van der Waals surface area (Å²) < 4.78 is 18.6. The fourth-order valence-corrected chi connectivity index (χ4v) is 5.99. The maximum atomic E-state index is 13.7. The third-order valence-electron chi connectivity index (χ3n) is 8.14. The second kappa shape index (κ2) is 7.93. The molecular formula is C27H28N4O6. The molecule has 0 saturated carbocycles. The summed E-state index contributed by atoms with van der Waals surface area (Å²) in [5.41, 5.74) is 2.58. The number of piperazine rings is 1. The average Bonchev–Trinajstić information content (AvgIpc) is 3.27. The smallest absolute Gasteiger partial charge is 0.343 e. The van der Waals surface area contributed by atoms with Crippen LogP contribution in [0.5, 0.6) is 11.5 Å². The van der Waals surface area contributed by atoms with Crippen LogP contribution in [0.4, 0.5) is 5.69 Å². The van der Waals surface area contributed by atoms with Crippen molar-refractivity contribution in [3.05, 3.63) is 45.2 Å². The van der Waals surface area contributed by atoms with Crippen LogP contribution in [-0.2, 0) is 28.3 Å². The molecule has 6 heterocycles. The van der Waals surface area contributed by atoms with Crippen molar-refractivity contribution in [2.45, 2.75) is 32.1 Å². The van der Waals surface area contributed by atoms with Crippen LogP contribution < -0.4 is 19.9 Å². The Morgan fingerprint density at radius 3 is 2.46 bits per heavy atom. The monoisotopic (exact) mass is 504 g/mol. The Bertz CT molecular complexity index is 1540. The highest BCUT2D eigenvalue weighted by Crippen LogP contribution is 2.45. The molecule has 10 heteroatoms. The van der Waals surface area contributed by atoms with E-state index < -0.39 is 11.6 Å². The molecule has 1 unspecified atom stereocenters. The third kappa shape index (κ3) is 3.15. The van der Waals surface area contributed by atoms with E-state index in [0.29, 0.717) is 53.8 Å². The quantitative estimate of drug-likeness (QED) is 0.408. The SMILES string of the molecule is CCC1(O)C(=O)OCc2c1cc1n(c2=O)Cc2c-1nc1cc3c(cc1c2N1CCN(C)CC1)OCCO3. The van der Waals surface area contributed by atoms with Gasteiger partial charge in [-0.15, -0.1) is 0 Å². The molecule has 0 radical (unpaired) electrons. The number of cyclic esters (lactones) is 1. The number of nitrogens with zero attached hydrogens (tertiary/aromatic N) is 4.